The van der Waals surface area contributed by atoms with E-state index in [0.29, 0.717) is 11.8 Å². The molecule has 78 valence electrons. The molecule has 0 unspecified atom stereocenters. The van der Waals surface area contributed by atoms with E-state index in [2.05, 4.69) is 44.6 Å². The molecule has 0 amide bonds. The Morgan fingerprint density at radius 1 is 0.857 bits per heavy atom. The molecule has 0 fully saturated rings. The fourth-order valence-electron chi connectivity index (χ4n) is 1.90. The second-order valence-electron chi connectivity index (χ2n) is 4.46. The lowest BCUT2D eigenvalue weighted by atomic mass is 9.94. The van der Waals surface area contributed by atoms with Gasteiger partial charge in [-0.15, -0.1) is 0 Å². The molecule has 0 atom stereocenters. The molecular formula is C12H20N2. The van der Waals surface area contributed by atoms with Crippen molar-refractivity contribution in [3.8, 4) is 0 Å². The van der Waals surface area contributed by atoms with Crippen LogP contribution in [0.5, 0.6) is 0 Å². The molecule has 0 bridgehead atoms. The zero-order chi connectivity index (χ0) is 10.9. The van der Waals surface area contributed by atoms with Gasteiger partial charge >= 0.3 is 0 Å². The van der Waals surface area contributed by atoms with Crippen LogP contribution in [-0.2, 0) is 0 Å². The first-order valence-corrected chi connectivity index (χ1v) is 5.28. The number of nitrogens with zero attached hydrogens (tertiary/aromatic N) is 2. The van der Waals surface area contributed by atoms with Gasteiger partial charge in [0.1, 0.15) is 5.82 Å². The molecule has 1 aromatic heterocycles. The van der Waals surface area contributed by atoms with Crippen LogP contribution >= 0.6 is 0 Å². The minimum absolute atomic E-state index is 0.479. The zero-order valence-corrected chi connectivity index (χ0v) is 10.0. The smallest absolute Gasteiger partial charge is 0.125 e. The van der Waals surface area contributed by atoms with Crippen molar-refractivity contribution in [2.75, 3.05) is 0 Å². The van der Waals surface area contributed by atoms with E-state index < -0.39 is 0 Å². The van der Waals surface area contributed by atoms with Crippen LogP contribution in [0.15, 0.2) is 0 Å². The fourth-order valence-corrected chi connectivity index (χ4v) is 1.90. The van der Waals surface area contributed by atoms with Crippen LogP contribution in [0.2, 0.25) is 0 Å². The summed E-state index contributed by atoms with van der Waals surface area (Å²) in [6.45, 7) is 12.8. The van der Waals surface area contributed by atoms with Gasteiger partial charge in [0, 0.05) is 5.69 Å². The van der Waals surface area contributed by atoms with Crippen molar-refractivity contribution in [1.29, 1.82) is 0 Å². The Hall–Kier alpha value is -0.920. The van der Waals surface area contributed by atoms with E-state index in [1.54, 1.807) is 0 Å². The van der Waals surface area contributed by atoms with Crippen LogP contribution in [0.3, 0.4) is 0 Å². The van der Waals surface area contributed by atoms with E-state index >= 15 is 0 Å². The predicted octanol–water partition coefficient (Wildman–Crippen LogP) is 3.34. The summed E-state index contributed by atoms with van der Waals surface area (Å²) in [4.78, 5) is 8.97. The van der Waals surface area contributed by atoms with Gasteiger partial charge < -0.3 is 0 Å². The number of aromatic nitrogens is 2. The molecule has 0 N–H and O–H groups in total. The van der Waals surface area contributed by atoms with E-state index in [1.807, 2.05) is 6.92 Å². The maximum atomic E-state index is 4.54. The fraction of sp³-hybridized carbons (Fsp3) is 0.667. The van der Waals surface area contributed by atoms with Gasteiger partial charge in [-0.25, -0.2) is 9.97 Å². The second kappa shape index (κ2) is 4.07. The Labute approximate surface area is 86.8 Å². The summed E-state index contributed by atoms with van der Waals surface area (Å²) in [5.41, 5.74) is 3.67. The van der Waals surface area contributed by atoms with Crippen molar-refractivity contribution >= 4 is 0 Å². The summed E-state index contributed by atoms with van der Waals surface area (Å²) < 4.78 is 0. The molecule has 2 heteroatoms. The molecule has 0 aliphatic rings. The first kappa shape index (κ1) is 11.2. The highest BCUT2D eigenvalue weighted by Crippen LogP contribution is 2.26. The first-order valence-electron chi connectivity index (χ1n) is 5.28. The molecule has 0 aliphatic heterocycles. The van der Waals surface area contributed by atoms with Crippen LogP contribution in [-0.4, -0.2) is 9.97 Å². The quantitative estimate of drug-likeness (QED) is 0.718. The lowest BCUT2D eigenvalue weighted by molar-refractivity contribution is 0.726. The SMILES string of the molecule is Cc1nc(C)c(C(C)C)c(C(C)C)n1. The minimum atomic E-state index is 0.479. The van der Waals surface area contributed by atoms with Gasteiger partial charge in [-0.1, -0.05) is 27.7 Å². The maximum Gasteiger partial charge on any atom is 0.125 e. The van der Waals surface area contributed by atoms with Gasteiger partial charge in [0.2, 0.25) is 0 Å². The average molecular weight is 192 g/mol. The van der Waals surface area contributed by atoms with Crippen molar-refractivity contribution in [2.24, 2.45) is 0 Å². The Morgan fingerprint density at radius 3 is 1.86 bits per heavy atom. The van der Waals surface area contributed by atoms with Crippen LogP contribution in [0.1, 0.15) is 62.3 Å². The highest BCUT2D eigenvalue weighted by molar-refractivity contribution is 5.30. The minimum Gasteiger partial charge on any atom is -0.238 e. The van der Waals surface area contributed by atoms with Crippen molar-refractivity contribution in [2.45, 2.75) is 53.4 Å². The van der Waals surface area contributed by atoms with Crippen molar-refractivity contribution in [3.05, 3.63) is 22.8 Å². The van der Waals surface area contributed by atoms with Crippen LogP contribution in [0, 0.1) is 13.8 Å². The lowest BCUT2D eigenvalue weighted by Crippen LogP contribution is -2.08. The molecule has 1 rings (SSSR count). The Balaban J connectivity index is 3.37. The number of hydrogen-bond donors (Lipinski definition) is 0. The molecule has 0 spiro atoms. The summed E-state index contributed by atoms with van der Waals surface area (Å²) in [7, 11) is 0. The van der Waals surface area contributed by atoms with Gasteiger partial charge in [-0.3, -0.25) is 0 Å². The normalized spacial score (nSPS) is 11.4. The molecule has 1 heterocycles. The highest BCUT2D eigenvalue weighted by atomic mass is 14.9. The summed E-state index contributed by atoms with van der Waals surface area (Å²) in [6, 6.07) is 0. The third kappa shape index (κ3) is 2.11. The van der Waals surface area contributed by atoms with Gasteiger partial charge in [0.15, 0.2) is 0 Å². The topological polar surface area (TPSA) is 25.8 Å². The molecule has 0 radical (unpaired) electrons. The molecule has 0 aliphatic carbocycles. The van der Waals surface area contributed by atoms with E-state index in [-0.39, 0.29) is 0 Å². The monoisotopic (exact) mass is 192 g/mol. The average Bonchev–Trinajstić information content (AvgIpc) is 2.01. The third-order valence-electron chi connectivity index (χ3n) is 2.40. The standard InChI is InChI=1S/C12H20N2/c1-7(2)11-9(5)13-10(6)14-12(11)8(3)4/h7-8H,1-6H3. The Morgan fingerprint density at radius 2 is 1.43 bits per heavy atom. The van der Waals surface area contributed by atoms with Crippen LogP contribution < -0.4 is 0 Å². The predicted molar refractivity (Wildman–Crippen MR) is 59.7 cm³/mol. The van der Waals surface area contributed by atoms with E-state index in [4.69, 9.17) is 0 Å². The maximum absolute atomic E-state index is 4.54. The van der Waals surface area contributed by atoms with Crippen LogP contribution in [0.25, 0.3) is 0 Å². The van der Waals surface area contributed by atoms with E-state index in [0.717, 1.165) is 11.5 Å². The van der Waals surface area contributed by atoms with Crippen molar-refractivity contribution in [3.63, 3.8) is 0 Å². The summed E-state index contributed by atoms with van der Waals surface area (Å²) in [5.74, 6) is 1.87. The molecule has 1 aromatic rings. The zero-order valence-electron chi connectivity index (χ0n) is 10.0. The molecule has 14 heavy (non-hydrogen) atoms. The Kier molecular flexibility index (Phi) is 3.25. The van der Waals surface area contributed by atoms with E-state index in [1.165, 1.54) is 11.3 Å². The molecular weight excluding hydrogens is 172 g/mol. The number of aryl methyl sites for hydroxylation is 2. The molecule has 0 saturated carbocycles. The third-order valence-corrected chi connectivity index (χ3v) is 2.40. The van der Waals surface area contributed by atoms with E-state index in [9.17, 15) is 0 Å². The van der Waals surface area contributed by atoms with Crippen LogP contribution in [0.4, 0.5) is 0 Å². The van der Waals surface area contributed by atoms with Crippen molar-refractivity contribution < 1.29 is 0 Å². The first-order chi connectivity index (χ1) is 6.43. The molecule has 2 nitrogen and oxygen atoms in total. The lowest BCUT2D eigenvalue weighted by Gasteiger charge is -2.17. The number of hydrogen-bond acceptors (Lipinski definition) is 2. The van der Waals surface area contributed by atoms with Gasteiger partial charge in [-0.05, 0) is 31.2 Å². The summed E-state index contributed by atoms with van der Waals surface area (Å²) >= 11 is 0. The number of rotatable bonds is 2. The van der Waals surface area contributed by atoms with Gasteiger partial charge in [0.05, 0.1) is 5.69 Å². The highest BCUT2D eigenvalue weighted by Gasteiger charge is 2.15. The van der Waals surface area contributed by atoms with Gasteiger partial charge in [0.25, 0.3) is 0 Å². The van der Waals surface area contributed by atoms with Crippen molar-refractivity contribution in [1.82, 2.24) is 9.97 Å². The molecule has 0 saturated heterocycles. The largest absolute Gasteiger partial charge is 0.238 e. The summed E-state index contributed by atoms with van der Waals surface area (Å²) in [6.07, 6.45) is 0. The summed E-state index contributed by atoms with van der Waals surface area (Å²) in [5, 5.41) is 0. The Bertz CT molecular complexity index is 327. The van der Waals surface area contributed by atoms with Gasteiger partial charge in [-0.2, -0.15) is 0 Å². The molecule has 0 aromatic carbocycles. The second-order valence-corrected chi connectivity index (χ2v) is 4.46.